The van der Waals surface area contributed by atoms with Crippen LogP contribution in [-0.4, -0.2) is 16.8 Å². The first-order valence-electron chi connectivity index (χ1n) is 11.0. The Morgan fingerprint density at radius 2 is 1.57 bits per heavy atom. The molecule has 1 atom stereocenters. The zero-order valence-electron chi connectivity index (χ0n) is 18.4. The van der Waals surface area contributed by atoms with Crippen LogP contribution in [-0.2, 0) is 23.1 Å². The molecule has 1 amide bonds. The summed E-state index contributed by atoms with van der Waals surface area (Å²) in [5.74, 6) is -1.16. The Kier molecular flexibility index (Phi) is 5.44. The lowest BCUT2D eigenvalue weighted by Crippen LogP contribution is -2.41. The van der Waals surface area contributed by atoms with Gasteiger partial charge in [0, 0.05) is 11.1 Å². The van der Waals surface area contributed by atoms with E-state index in [4.69, 9.17) is 0 Å². The minimum Gasteiger partial charge on any atom is -0.375 e. The van der Waals surface area contributed by atoms with Gasteiger partial charge in [-0.3, -0.25) is 9.59 Å². The van der Waals surface area contributed by atoms with Gasteiger partial charge in [0.2, 0.25) is 0 Å². The van der Waals surface area contributed by atoms with Crippen LogP contribution in [0.25, 0.3) is 10.8 Å². The molecule has 0 saturated carbocycles. The van der Waals surface area contributed by atoms with Crippen molar-refractivity contribution < 1.29 is 27.9 Å². The van der Waals surface area contributed by atoms with Crippen LogP contribution >= 0.6 is 0 Å². The van der Waals surface area contributed by atoms with E-state index in [1.165, 1.54) is 17.0 Å². The predicted molar refractivity (Wildman–Crippen MR) is 126 cm³/mol. The van der Waals surface area contributed by atoms with Crippen molar-refractivity contribution in [1.29, 1.82) is 0 Å². The van der Waals surface area contributed by atoms with Gasteiger partial charge in [-0.05, 0) is 40.6 Å². The molecule has 1 unspecified atom stereocenters. The molecule has 4 aromatic carbocycles. The van der Waals surface area contributed by atoms with Gasteiger partial charge in [-0.25, -0.2) is 0 Å². The molecule has 35 heavy (non-hydrogen) atoms. The predicted octanol–water partition coefficient (Wildman–Crippen LogP) is 5.87. The second kappa shape index (κ2) is 8.36. The van der Waals surface area contributed by atoms with E-state index < -0.39 is 35.5 Å². The van der Waals surface area contributed by atoms with Gasteiger partial charge in [-0.15, -0.1) is 0 Å². The van der Waals surface area contributed by atoms with Crippen molar-refractivity contribution in [3.8, 4) is 0 Å². The number of rotatable bonds is 5. The van der Waals surface area contributed by atoms with Crippen LogP contribution in [0, 0.1) is 0 Å². The summed E-state index contributed by atoms with van der Waals surface area (Å²) in [6.07, 6.45) is -5.00. The van der Waals surface area contributed by atoms with Gasteiger partial charge < -0.3 is 10.0 Å². The number of hydrogen-bond acceptors (Lipinski definition) is 3. The lowest BCUT2D eigenvalue weighted by atomic mass is 9.88. The minimum atomic E-state index is -4.52. The molecule has 0 bridgehead atoms. The molecule has 4 nitrogen and oxygen atoms in total. The smallest absolute Gasteiger partial charge is 0.375 e. The third-order valence-corrected chi connectivity index (χ3v) is 6.32. The molecule has 1 N–H and O–H groups in total. The molecule has 5 rings (SSSR count). The Balaban J connectivity index is 1.47. The number of carbonyl (C=O) groups excluding carboxylic acids is 2. The average Bonchev–Trinajstić information content (AvgIpc) is 3.05. The van der Waals surface area contributed by atoms with Gasteiger partial charge in [-0.1, -0.05) is 66.7 Å². The fraction of sp³-hybridized carbons (Fsp3) is 0.143. The summed E-state index contributed by atoms with van der Waals surface area (Å²) in [4.78, 5) is 27.9. The Bertz CT molecular complexity index is 1460. The summed E-state index contributed by atoms with van der Waals surface area (Å²) < 4.78 is 39.5. The maximum Gasteiger partial charge on any atom is 0.416 e. The Morgan fingerprint density at radius 3 is 2.34 bits per heavy atom. The number of amides is 1. The van der Waals surface area contributed by atoms with Crippen molar-refractivity contribution in [1.82, 2.24) is 0 Å². The number of carbonyl (C=O) groups is 2. The van der Waals surface area contributed by atoms with E-state index in [9.17, 15) is 27.9 Å². The largest absolute Gasteiger partial charge is 0.416 e. The molecule has 1 aliphatic heterocycles. The maximum absolute atomic E-state index is 13.5. The molecule has 0 radical (unpaired) electrons. The quantitative estimate of drug-likeness (QED) is 0.368. The zero-order chi connectivity index (χ0) is 24.8. The van der Waals surface area contributed by atoms with Crippen molar-refractivity contribution >= 4 is 28.2 Å². The zero-order valence-corrected chi connectivity index (χ0v) is 18.4. The Labute approximate surface area is 199 Å². The third kappa shape index (κ3) is 4.08. The molecule has 4 aromatic rings. The van der Waals surface area contributed by atoms with Crippen LogP contribution in [0.5, 0.6) is 0 Å². The van der Waals surface area contributed by atoms with Crippen LogP contribution in [0.4, 0.5) is 18.9 Å². The van der Waals surface area contributed by atoms with Gasteiger partial charge in [0.25, 0.3) is 5.91 Å². The van der Waals surface area contributed by atoms with E-state index in [1.807, 2.05) is 24.3 Å². The molecule has 0 aromatic heterocycles. The van der Waals surface area contributed by atoms with E-state index in [2.05, 4.69) is 0 Å². The number of anilines is 1. The number of benzene rings is 4. The number of hydrogen-bond donors (Lipinski definition) is 1. The second-order valence-corrected chi connectivity index (χ2v) is 8.63. The molecule has 1 aliphatic rings. The van der Waals surface area contributed by atoms with Gasteiger partial charge in [0.1, 0.15) is 0 Å². The fourth-order valence-corrected chi connectivity index (χ4v) is 4.56. The van der Waals surface area contributed by atoms with Gasteiger partial charge in [0.15, 0.2) is 11.4 Å². The third-order valence-electron chi connectivity index (χ3n) is 6.32. The summed E-state index contributed by atoms with van der Waals surface area (Å²) in [6, 6.07) is 23.9. The molecular formula is C28H20F3NO3. The van der Waals surface area contributed by atoms with Crippen molar-refractivity contribution in [3.63, 3.8) is 0 Å². The molecule has 7 heteroatoms. The summed E-state index contributed by atoms with van der Waals surface area (Å²) in [5.41, 5.74) is -1.71. The van der Waals surface area contributed by atoms with Gasteiger partial charge >= 0.3 is 6.18 Å². The lowest BCUT2D eigenvalue weighted by molar-refractivity contribution is -0.137. The monoisotopic (exact) mass is 475 g/mol. The van der Waals surface area contributed by atoms with Crippen molar-refractivity contribution in [2.45, 2.75) is 24.7 Å². The fourth-order valence-electron chi connectivity index (χ4n) is 4.56. The summed E-state index contributed by atoms with van der Waals surface area (Å²) in [5, 5.41) is 13.3. The number of nitrogens with zero attached hydrogens (tertiary/aromatic N) is 1. The van der Waals surface area contributed by atoms with Gasteiger partial charge in [-0.2, -0.15) is 13.2 Å². The molecule has 0 spiro atoms. The maximum atomic E-state index is 13.5. The van der Waals surface area contributed by atoms with E-state index in [0.29, 0.717) is 11.3 Å². The summed E-state index contributed by atoms with van der Waals surface area (Å²) in [6.45, 7) is -0.174. The standard InChI is InChI=1S/C28H20F3NO3/c29-28(30,31)22-9-5-6-18(14-22)17-32-24-11-4-3-10-23(24)27(35,26(32)34)16-25(33)21-13-12-19-7-1-2-8-20(19)15-21/h1-15,35H,16-17H2. The Morgan fingerprint density at radius 1 is 0.857 bits per heavy atom. The SMILES string of the molecule is O=C(CC1(O)C(=O)N(Cc2cccc(C(F)(F)F)c2)c2ccccc21)c1ccc2ccccc2c1. The number of para-hydroxylation sites is 1. The second-order valence-electron chi connectivity index (χ2n) is 8.63. The van der Waals surface area contributed by atoms with Crippen molar-refractivity contribution in [3.05, 3.63) is 113 Å². The highest BCUT2D eigenvalue weighted by Gasteiger charge is 2.50. The first-order chi connectivity index (χ1) is 16.7. The number of ketones is 1. The topological polar surface area (TPSA) is 57.6 Å². The van der Waals surface area contributed by atoms with Crippen LogP contribution in [0.2, 0.25) is 0 Å². The average molecular weight is 475 g/mol. The van der Waals surface area contributed by atoms with Crippen molar-refractivity contribution in [2.24, 2.45) is 0 Å². The highest BCUT2D eigenvalue weighted by atomic mass is 19.4. The highest BCUT2D eigenvalue weighted by Crippen LogP contribution is 2.44. The molecule has 1 heterocycles. The minimum absolute atomic E-state index is 0.174. The number of fused-ring (bicyclic) bond motifs is 2. The molecule has 0 saturated heterocycles. The van der Waals surface area contributed by atoms with Crippen LogP contribution < -0.4 is 4.90 Å². The molecule has 0 aliphatic carbocycles. The normalized spacial score (nSPS) is 17.6. The first kappa shape index (κ1) is 22.8. The number of alkyl halides is 3. The van der Waals surface area contributed by atoms with E-state index in [0.717, 1.165) is 22.9 Å². The van der Waals surface area contributed by atoms with Crippen LogP contribution in [0.15, 0.2) is 91.0 Å². The van der Waals surface area contributed by atoms with Crippen LogP contribution in [0.1, 0.15) is 33.5 Å². The number of aliphatic hydroxyl groups is 1. The summed E-state index contributed by atoms with van der Waals surface area (Å²) >= 11 is 0. The van der Waals surface area contributed by atoms with Crippen molar-refractivity contribution in [2.75, 3.05) is 4.90 Å². The lowest BCUT2D eigenvalue weighted by Gasteiger charge is -2.23. The van der Waals surface area contributed by atoms with E-state index >= 15 is 0 Å². The van der Waals surface area contributed by atoms with Crippen LogP contribution in [0.3, 0.4) is 0 Å². The molecule has 176 valence electrons. The molecule has 0 fully saturated rings. The first-order valence-corrected chi connectivity index (χ1v) is 11.0. The number of halogens is 3. The Hall–Kier alpha value is -3.97. The van der Waals surface area contributed by atoms with Gasteiger partial charge in [0.05, 0.1) is 24.2 Å². The number of Topliss-reactive ketones (excluding diaryl/α,β-unsaturated/α-hetero) is 1. The van der Waals surface area contributed by atoms with E-state index in [1.54, 1.807) is 42.5 Å². The van der Waals surface area contributed by atoms with E-state index in [-0.39, 0.29) is 17.7 Å². The molecular weight excluding hydrogens is 455 g/mol. The summed E-state index contributed by atoms with van der Waals surface area (Å²) in [7, 11) is 0. The highest BCUT2D eigenvalue weighted by molar-refractivity contribution is 6.11.